The fraction of sp³-hybridized carbons (Fsp3) is 0.467. The van der Waals surface area contributed by atoms with Gasteiger partial charge in [-0.1, -0.05) is 6.07 Å². The summed E-state index contributed by atoms with van der Waals surface area (Å²) < 4.78 is 10.6. The van der Waals surface area contributed by atoms with Crippen LogP contribution < -0.4 is 10.5 Å². The summed E-state index contributed by atoms with van der Waals surface area (Å²) in [5, 5.41) is 9.12. The van der Waals surface area contributed by atoms with Crippen LogP contribution in [0, 0.1) is 11.3 Å². The number of primary amides is 1. The summed E-state index contributed by atoms with van der Waals surface area (Å²) in [6.45, 7) is 3.58. The lowest BCUT2D eigenvalue weighted by molar-refractivity contribution is -0.136. The van der Waals surface area contributed by atoms with Crippen LogP contribution in [0.1, 0.15) is 18.1 Å². The lowest BCUT2D eigenvalue weighted by Crippen LogP contribution is -2.56. The molecule has 1 aromatic rings. The summed E-state index contributed by atoms with van der Waals surface area (Å²) in [5.41, 5.74) is 6.89. The van der Waals surface area contributed by atoms with Crippen molar-refractivity contribution in [2.24, 2.45) is 5.73 Å². The van der Waals surface area contributed by atoms with Crippen molar-refractivity contribution in [3.05, 3.63) is 29.3 Å². The molecule has 0 unspecified atom stereocenters. The molecule has 2 N–H and O–H groups in total. The number of hydrogen-bond donors (Lipinski definition) is 1. The van der Waals surface area contributed by atoms with Gasteiger partial charge in [-0.25, -0.2) is 0 Å². The van der Waals surface area contributed by atoms with E-state index in [1.807, 2.05) is 17.9 Å². The zero-order valence-electron chi connectivity index (χ0n) is 12.2. The first kappa shape index (κ1) is 15.3. The fourth-order valence-electron chi connectivity index (χ4n) is 2.65. The number of nitriles is 1. The van der Waals surface area contributed by atoms with Gasteiger partial charge in [0.15, 0.2) is 0 Å². The molecule has 112 valence electrons. The van der Waals surface area contributed by atoms with Gasteiger partial charge in [0.1, 0.15) is 17.9 Å². The quantitative estimate of drug-likeness (QED) is 0.878. The van der Waals surface area contributed by atoms with Crippen LogP contribution in [0.5, 0.6) is 5.75 Å². The first-order valence-corrected chi connectivity index (χ1v) is 6.78. The minimum absolute atomic E-state index is 0.232. The molecule has 2 atom stereocenters. The molecule has 1 saturated heterocycles. The first-order chi connectivity index (χ1) is 10.1. The minimum atomic E-state index is -0.452. The molecule has 1 fully saturated rings. The van der Waals surface area contributed by atoms with Gasteiger partial charge in [0.25, 0.3) is 0 Å². The molecule has 0 saturated carbocycles. The number of rotatable bonds is 4. The molecule has 0 aliphatic carbocycles. The molecule has 6 nitrogen and oxygen atoms in total. The van der Waals surface area contributed by atoms with Crippen molar-refractivity contribution in [2.45, 2.75) is 25.6 Å². The van der Waals surface area contributed by atoms with E-state index in [0.717, 1.165) is 5.56 Å². The Morgan fingerprint density at radius 3 is 3.00 bits per heavy atom. The topological polar surface area (TPSA) is 88.6 Å². The molecule has 1 amide bonds. The van der Waals surface area contributed by atoms with E-state index >= 15 is 0 Å². The SMILES string of the molecule is COc1ccc(CN2CCO[C@H](C)[C@H]2C(N)=O)cc1C#N. The number of carbonyl (C=O) groups is 1. The molecule has 0 aromatic heterocycles. The maximum absolute atomic E-state index is 11.6. The largest absolute Gasteiger partial charge is 0.495 e. The molecule has 6 heteroatoms. The Labute approximate surface area is 124 Å². The van der Waals surface area contributed by atoms with Gasteiger partial charge in [0.2, 0.25) is 5.91 Å². The van der Waals surface area contributed by atoms with E-state index in [1.54, 1.807) is 12.1 Å². The van der Waals surface area contributed by atoms with Gasteiger partial charge in [0.05, 0.1) is 25.4 Å². The van der Waals surface area contributed by atoms with Crippen molar-refractivity contribution >= 4 is 5.91 Å². The Morgan fingerprint density at radius 2 is 2.38 bits per heavy atom. The van der Waals surface area contributed by atoms with Crippen molar-refractivity contribution < 1.29 is 14.3 Å². The lowest BCUT2D eigenvalue weighted by atomic mass is 10.1. The molecule has 0 spiro atoms. The van der Waals surface area contributed by atoms with Crippen LogP contribution in [0.15, 0.2) is 18.2 Å². The predicted octanol–water partition coefficient (Wildman–Crippen LogP) is 0.641. The third kappa shape index (κ3) is 3.32. The maximum atomic E-state index is 11.6. The number of amides is 1. The lowest BCUT2D eigenvalue weighted by Gasteiger charge is -2.37. The Balaban J connectivity index is 2.20. The molecule has 1 aliphatic heterocycles. The molecular weight excluding hydrogens is 270 g/mol. The number of benzene rings is 1. The molecular formula is C15H19N3O3. The Bertz CT molecular complexity index is 568. The summed E-state index contributed by atoms with van der Waals surface area (Å²) in [6.07, 6.45) is -0.232. The Hall–Kier alpha value is -2.10. The van der Waals surface area contributed by atoms with Crippen LogP contribution in [0.4, 0.5) is 0 Å². The van der Waals surface area contributed by atoms with Crippen LogP contribution in [0.25, 0.3) is 0 Å². The molecule has 0 radical (unpaired) electrons. The number of carbonyl (C=O) groups excluding carboxylic acids is 1. The van der Waals surface area contributed by atoms with E-state index in [2.05, 4.69) is 6.07 Å². The molecule has 21 heavy (non-hydrogen) atoms. The van der Waals surface area contributed by atoms with Gasteiger partial charge in [-0.15, -0.1) is 0 Å². The van der Waals surface area contributed by atoms with Crippen LogP contribution in [0.2, 0.25) is 0 Å². The van der Waals surface area contributed by atoms with Crippen molar-refractivity contribution in [2.75, 3.05) is 20.3 Å². The second kappa shape index (κ2) is 6.57. The summed E-state index contributed by atoms with van der Waals surface area (Å²) in [6, 6.07) is 7.08. The van der Waals surface area contributed by atoms with Gasteiger partial charge in [-0.05, 0) is 24.6 Å². The maximum Gasteiger partial charge on any atom is 0.237 e. The predicted molar refractivity (Wildman–Crippen MR) is 76.5 cm³/mol. The highest BCUT2D eigenvalue weighted by molar-refractivity contribution is 5.80. The number of ether oxygens (including phenoxy) is 2. The summed E-state index contributed by atoms with van der Waals surface area (Å²) >= 11 is 0. The third-order valence-corrected chi connectivity index (χ3v) is 3.66. The van der Waals surface area contributed by atoms with E-state index in [1.165, 1.54) is 7.11 Å². The van der Waals surface area contributed by atoms with E-state index < -0.39 is 11.9 Å². The standard InChI is InChI=1S/C15H19N3O3/c1-10-14(15(17)19)18(5-6-21-10)9-11-3-4-13(20-2)12(7-11)8-16/h3-4,7,10,14H,5-6,9H2,1-2H3,(H2,17,19)/t10-,14+/m1/s1. The van der Waals surface area contributed by atoms with Crippen molar-refractivity contribution in [1.82, 2.24) is 4.90 Å². The average molecular weight is 289 g/mol. The number of hydrogen-bond acceptors (Lipinski definition) is 5. The third-order valence-electron chi connectivity index (χ3n) is 3.66. The molecule has 2 rings (SSSR count). The molecule has 0 bridgehead atoms. The van der Waals surface area contributed by atoms with Gasteiger partial charge in [-0.3, -0.25) is 9.69 Å². The Morgan fingerprint density at radius 1 is 1.62 bits per heavy atom. The number of nitrogens with two attached hydrogens (primary N) is 1. The van der Waals surface area contributed by atoms with E-state index in [9.17, 15) is 4.79 Å². The second-order valence-electron chi connectivity index (χ2n) is 5.04. The first-order valence-electron chi connectivity index (χ1n) is 6.78. The summed E-state index contributed by atoms with van der Waals surface area (Å²) in [7, 11) is 1.53. The fourth-order valence-corrected chi connectivity index (χ4v) is 2.65. The normalized spacial score (nSPS) is 22.5. The van der Waals surface area contributed by atoms with Gasteiger partial charge < -0.3 is 15.2 Å². The number of nitrogens with zero attached hydrogens (tertiary/aromatic N) is 2. The zero-order chi connectivity index (χ0) is 15.4. The molecule has 1 aromatic carbocycles. The van der Waals surface area contributed by atoms with E-state index in [0.29, 0.717) is 31.0 Å². The highest BCUT2D eigenvalue weighted by Gasteiger charge is 2.33. The summed E-state index contributed by atoms with van der Waals surface area (Å²) in [5.74, 6) is 0.152. The van der Waals surface area contributed by atoms with Crippen molar-refractivity contribution in [1.29, 1.82) is 5.26 Å². The monoisotopic (exact) mass is 289 g/mol. The highest BCUT2D eigenvalue weighted by atomic mass is 16.5. The van der Waals surface area contributed by atoms with Crippen molar-refractivity contribution in [3.63, 3.8) is 0 Å². The number of methoxy groups -OCH3 is 1. The average Bonchev–Trinajstić information content (AvgIpc) is 2.46. The van der Waals surface area contributed by atoms with Crippen LogP contribution in [0.3, 0.4) is 0 Å². The smallest absolute Gasteiger partial charge is 0.237 e. The van der Waals surface area contributed by atoms with Gasteiger partial charge in [-0.2, -0.15) is 5.26 Å². The van der Waals surface area contributed by atoms with Crippen LogP contribution in [-0.4, -0.2) is 43.2 Å². The second-order valence-corrected chi connectivity index (χ2v) is 5.04. The molecule has 1 aliphatic rings. The van der Waals surface area contributed by atoms with Crippen molar-refractivity contribution in [3.8, 4) is 11.8 Å². The van der Waals surface area contributed by atoms with Crippen LogP contribution >= 0.6 is 0 Å². The Kier molecular flexibility index (Phi) is 4.78. The van der Waals surface area contributed by atoms with Gasteiger partial charge in [0, 0.05) is 13.1 Å². The van der Waals surface area contributed by atoms with E-state index in [-0.39, 0.29) is 6.10 Å². The molecule has 1 heterocycles. The highest BCUT2D eigenvalue weighted by Crippen LogP contribution is 2.22. The van der Waals surface area contributed by atoms with Crippen LogP contribution in [-0.2, 0) is 16.1 Å². The zero-order valence-corrected chi connectivity index (χ0v) is 12.2. The number of morpholine rings is 1. The summed E-state index contributed by atoms with van der Waals surface area (Å²) in [4.78, 5) is 13.6. The minimum Gasteiger partial charge on any atom is -0.495 e. The van der Waals surface area contributed by atoms with E-state index in [4.69, 9.17) is 20.5 Å². The van der Waals surface area contributed by atoms with Gasteiger partial charge >= 0.3 is 0 Å².